The van der Waals surface area contributed by atoms with Gasteiger partial charge in [0.1, 0.15) is 5.75 Å². The molecule has 1 aromatic rings. The topological polar surface area (TPSA) is 35.2 Å². The van der Waals surface area contributed by atoms with E-state index < -0.39 is 0 Å². The second kappa shape index (κ2) is 10.2. The number of unbranched alkanes of at least 4 members (excludes halogenated alkanes) is 6. The van der Waals surface area contributed by atoms with Gasteiger partial charge in [-0.3, -0.25) is 0 Å². The van der Waals surface area contributed by atoms with E-state index in [1.165, 1.54) is 50.5 Å². The minimum absolute atomic E-state index is 0.132. The maximum absolute atomic E-state index is 6.26. The third-order valence-corrected chi connectivity index (χ3v) is 4.34. The highest BCUT2D eigenvalue weighted by atomic mass is 79.9. The molecule has 1 aromatic carbocycles. The van der Waals surface area contributed by atoms with E-state index in [0.29, 0.717) is 0 Å². The summed E-state index contributed by atoms with van der Waals surface area (Å²) in [4.78, 5) is 0. The molecular formula is C17H28BrNO. The highest BCUT2D eigenvalue weighted by Gasteiger charge is 2.08. The molecule has 0 aliphatic heterocycles. The van der Waals surface area contributed by atoms with Crippen LogP contribution in [0.5, 0.6) is 5.75 Å². The Morgan fingerprint density at radius 1 is 1.10 bits per heavy atom. The monoisotopic (exact) mass is 341 g/mol. The molecular weight excluding hydrogens is 314 g/mol. The fourth-order valence-corrected chi connectivity index (χ4v) is 2.96. The number of hydrogen-bond donors (Lipinski definition) is 1. The van der Waals surface area contributed by atoms with E-state index >= 15 is 0 Å². The van der Waals surface area contributed by atoms with E-state index in [4.69, 9.17) is 10.5 Å². The summed E-state index contributed by atoms with van der Waals surface area (Å²) in [5.74, 6) is 0.858. The van der Waals surface area contributed by atoms with Crippen molar-refractivity contribution in [3.63, 3.8) is 0 Å². The predicted octanol–water partition coefficient (Wildman–Crippen LogP) is 5.60. The van der Waals surface area contributed by atoms with Gasteiger partial charge in [0, 0.05) is 6.04 Å². The van der Waals surface area contributed by atoms with Gasteiger partial charge in [-0.05, 0) is 40.0 Å². The number of hydrogen-bond acceptors (Lipinski definition) is 2. The summed E-state index contributed by atoms with van der Waals surface area (Å²) in [6.07, 6.45) is 10.4. The van der Waals surface area contributed by atoms with Crippen LogP contribution in [-0.4, -0.2) is 7.11 Å². The minimum Gasteiger partial charge on any atom is -0.496 e. The van der Waals surface area contributed by atoms with Gasteiger partial charge in [-0.25, -0.2) is 0 Å². The molecule has 2 nitrogen and oxygen atoms in total. The summed E-state index contributed by atoms with van der Waals surface area (Å²) < 4.78 is 6.22. The standard InChI is InChI=1S/C17H28BrNO/c1-3-4-5-6-7-8-9-10-16(19)14-11-12-17(20-2)15(18)13-14/h11-13,16H,3-10,19H2,1-2H3. The molecule has 0 spiro atoms. The number of benzene rings is 1. The van der Waals surface area contributed by atoms with Crippen molar-refractivity contribution >= 4 is 15.9 Å². The second-order valence-electron chi connectivity index (χ2n) is 5.41. The molecule has 0 saturated heterocycles. The molecule has 1 rings (SSSR count). The molecule has 1 unspecified atom stereocenters. The fraction of sp³-hybridized carbons (Fsp3) is 0.647. The van der Waals surface area contributed by atoms with Crippen LogP contribution in [0, 0.1) is 0 Å². The van der Waals surface area contributed by atoms with Crippen molar-refractivity contribution in [3.8, 4) is 5.75 Å². The Labute approximate surface area is 132 Å². The molecule has 0 aromatic heterocycles. The lowest BCUT2D eigenvalue weighted by molar-refractivity contribution is 0.411. The predicted molar refractivity (Wildman–Crippen MR) is 90.2 cm³/mol. The van der Waals surface area contributed by atoms with Crippen molar-refractivity contribution in [1.82, 2.24) is 0 Å². The zero-order valence-electron chi connectivity index (χ0n) is 12.8. The molecule has 0 amide bonds. The van der Waals surface area contributed by atoms with Gasteiger partial charge < -0.3 is 10.5 Å². The maximum atomic E-state index is 6.26. The SMILES string of the molecule is CCCCCCCCCC(N)c1ccc(OC)c(Br)c1. The first kappa shape index (κ1) is 17.5. The molecule has 0 radical (unpaired) electrons. The van der Waals surface area contributed by atoms with E-state index in [1.54, 1.807) is 7.11 Å². The molecule has 20 heavy (non-hydrogen) atoms. The van der Waals surface area contributed by atoms with Crippen LogP contribution in [-0.2, 0) is 0 Å². The molecule has 0 heterocycles. The molecule has 0 aliphatic rings. The van der Waals surface area contributed by atoms with Gasteiger partial charge >= 0.3 is 0 Å². The van der Waals surface area contributed by atoms with Gasteiger partial charge in [0.15, 0.2) is 0 Å². The van der Waals surface area contributed by atoms with Gasteiger partial charge in [-0.2, -0.15) is 0 Å². The first-order chi connectivity index (χ1) is 9.69. The van der Waals surface area contributed by atoms with Crippen LogP contribution in [0.2, 0.25) is 0 Å². The van der Waals surface area contributed by atoms with Crippen LogP contribution in [0.4, 0.5) is 0 Å². The summed E-state index contributed by atoms with van der Waals surface area (Å²) in [5, 5.41) is 0. The lowest BCUT2D eigenvalue weighted by Crippen LogP contribution is -2.10. The minimum atomic E-state index is 0.132. The summed E-state index contributed by atoms with van der Waals surface area (Å²) >= 11 is 3.51. The summed E-state index contributed by atoms with van der Waals surface area (Å²) in [7, 11) is 1.68. The molecule has 0 aliphatic carbocycles. The smallest absolute Gasteiger partial charge is 0.133 e. The highest BCUT2D eigenvalue weighted by molar-refractivity contribution is 9.10. The van der Waals surface area contributed by atoms with Gasteiger partial charge in [0.2, 0.25) is 0 Å². The summed E-state index contributed by atoms with van der Waals surface area (Å²) in [5.41, 5.74) is 7.44. The average Bonchev–Trinajstić information content (AvgIpc) is 2.46. The molecule has 0 bridgehead atoms. The number of nitrogens with two attached hydrogens (primary N) is 1. The molecule has 0 saturated carbocycles. The molecule has 0 fully saturated rings. The first-order valence-electron chi connectivity index (χ1n) is 7.78. The Bertz CT molecular complexity index is 381. The summed E-state index contributed by atoms with van der Waals surface area (Å²) in [6.45, 7) is 2.26. The normalized spacial score (nSPS) is 12.4. The molecule has 3 heteroatoms. The van der Waals surface area contributed by atoms with Gasteiger partial charge in [0.25, 0.3) is 0 Å². The van der Waals surface area contributed by atoms with Crippen molar-refractivity contribution in [2.75, 3.05) is 7.11 Å². The molecule has 2 N–H and O–H groups in total. The quantitative estimate of drug-likeness (QED) is 0.562. The van der Waals surface area contributed by atoms with Crippen molar-refractivity contribution in [2.24, 2.45) is 5.73 Å². The van der Waals surface area contributed by atoms with E-state index in [0.717, 1.165) is 16.6 Å². The van der Waals surface area contributed by atoms with Crippen LogP contribution in [0.15, 0.2) is 22.7 Å². The van der Waals surface area contributed by atoms with Crippen molar-refractivity contribution < 1.29 is 4.74 Å². The largest absolute Gasteiger partial charge is 0.496 e. The number of ether oxygens (including phenoxy) is 1. The third-order valence-electron chi connectivity index (χ3n) is 3.72. The Kier molecular flexibility index (Phi) is 8.95. The van der Waals surface area contributed by atoms with E-state index in [9.17, 15) is 0 Å². The van der Waals surface area contributed by atoms with Crippen LogP contribution in [0.25, 0.3) is 0 Å². The van der Waals surface area contributed by atoms with Gasteiger partial charge in [0.05, 0.1) is 11.6 Å². The molecule has 114 valence electrons. The zero-order chi connectivity index (χ0) is 14.8. The Balaban J connectivity index is 2.25. The van der Waals surface area contributed by atoms with Gasteiger partial charge in [-0.15, -0.1) is 0 Å². The number of methoxy groups -OCH3 is 1. The van der Waals surface area contributed by atoms with Gasteiger partial charge in [-0.1, -0.05) is 57.9 Å². The fourth-order valence-electron chi connectivity index (χ4n) is 2.40. The Morgan fingerprint density at radius 2 is 1.75 bits per heavy atom. The van der Waals surface area contributed by atoms with Crippen LogP contribution < -0.4 is 10.5 Å². The number of halogens is 1. The van der Waals surface area contributed by atoms with Crippen LogP contribution in [0.1, 0.15) is 69.9 Å². The Morgan fingerprint density at radius 3 is 2.35 bits per heavy atom. The second-order valence-corrected chi connectivity index (χ2v) is 6.26. The highest BCUT2D eigenvalue weighted by Crippen LogP contribution is 2.29. The lowest BCUT2D eigenvalue weighted by atomic mass is 10.00. The van der Waals surface area contributed by atoms with Crippen molar-refractivity contribution in [3.05, 3.63) is 28.2 Å². The zero-order valence-corrected chi connectivity index (χ0v) is 14.4. The van der Waals surface area contributed by atoms with Crippen molar-refractivity contribution in [2.45, 2.75) is 64.3 Å². The van der Waals surface area contributed by atoms with Crippen LogP contribution in [0.3, 0.4) is 0 Å². The molecule has 1 atom stereocenters. The summed E-state index contributed by atoms with van der Waals surface area (Å²) in [6, 6.07) is 6.25. The van der Waals surface area contributed by atoms with E-state index in [2.05, 4.69) is 35.0 Å². The maximum Gasteiger partial charge on any atom is 0.133 e. The number of rotatable bonds is 10. The average molecular weight is 342 g/mol. The first-order valence-corrected chi connectivity index (χ1v) is 8.57. The van der Waals surface area contributed by atoms with Crippen molar-refractivity contribution in [1.29, 1.82) is 0 Å². The van der Waals surface area contributed by atoms with E-state index in [-0.39, 0.29) is 6.04 Å². The Hall–Kier alpha value is -0.540. The van der Waals surface area contributed by atoms with Crippen LogP contribution >= 0.6 is 15.9 Å². The van der Waals surface area contributed by atoms with E-state index in [1.807, 2.05) is 6.07 Å². The lowest BCUT2D eigenvalue weighted by Gasteiger charge is -2.13. The third kappa shape index (κ3) is 6.27.